The van der Waals surface area contributed by atoms with Gasteiger partial charge in [-0.3, -0.25) is 0 Å². The minimum atomic E-state index is 1.10. The van der Waals surface area contributed by atoms with Gasteiger partial charge in [0.15, 0.2) is 0 Å². The standard InChI is InChI=1S/C24H14BrN/c25-16-11-13-17(14-12-16)26-21-10-2-1-7-18(21)23-19-8-3-5-15-6-4-9-20(22(15)19)24(23)26/h1-14H. The van der Waals surface area contributed by atoms with E-state index in [1.807, 2.05) is 0 Å². The summed E-state index contributed by atoms with van der Waals surface area (Å²) in [6.07, 6.45) is 0. The van der Waals surface area contributed by atoms with E-state index in [4.69, 9.17) is 0 Å². The highest BCUT2D eigenvalue weighted by Gasteiger charge is 2.28. The summed E-state index contributed by atoms with van der Waals surface area (Å²) >= 11 is 3.56. The quantitative estimate of drug-likeness (QED) is 0.277. The molecule has 122 valence electrons. The maximum atomic E-state index is 3.56. The zero-order valence-corrected chi connectivity index (χ0v) is 15.5. The van der Waals surface area contributed by atoms with Crippen LogP contribution in [0.1, 0.15) is 0 Å². The molecule has 0 N–H and O–H groups in total. The molecule has 0 fully saturated rings. The summed E-state index contributed by atoms with van der Waals surface area (Å²) < 4.78 is 3.51. The maximum Gasteiger partial charge on any atom is 0.0626 e. The lowest BCUT2D eigenvalue weighted by Crippen LogP contribution is -1.96. The summed E-state index contributed by atoms with van der Waals surface area (Å²) in [7, 11) is 0. The third-order valence-electron chi connectivity index (χ3n) is 5.39. The molecule has 1 aliphatic rings. The average Bonchev–Trinajstić information content (AvgIpc) is 3.19. The molecule has 1 nitrogen and oxygen atoms in total. The normalized spacial score (nSPS) is 12.0. The fourth-order valence-electron chi connectivity index (χ4n) is 4.37. The monoisotopic (exact) mass is 395 g/mol. The largest absolute Gasteiger partial charge is 0.309 e. The van der Waals surface area contributed by atoms with Crippen molar-refractivity contribution in [3.8, 4) is 28.1 Å². The molecule has 1 heterocycles. The van der Waals surface area contributed by atoms with Crippen LogP contribution in [0.25, 0.3) is 49.7 Å². The van der Waals surface area contributed by atoms with E-state index in [1.54, 1.807) is 0 Å². The molecule has 0 saturated carbocycles. The second kappa shape index (κ2) is 5.09. The van der Waals surface area contributed by atoms with Crippen molar-refractivity contribution in [2.24, 2.45) is 0 Å². The molecule has 1 aromatic heterocycles. The van der Waals surface area contributed by atoms with Crippen molar-refractivity contribution in [1.29, 1.82) is 0 Å². The Balaban J connectivity index is 1.84. The molecule has 26 heavy (non-hydrogen) atoms. The van der Waals surface area contributed by atoms with E-state index in [0.29, 0.717) is 0 Å². The summed E-state index contributed by atoms with van der Waals surface area (Å²) in [6, 6.07) is 30.6. The number of fused-ring (bicyclic) bond motifs is 5. The van der Waals surface area contributed by atoms with Crippen LogP contribution in [-0.4, -0.2) is 4.57 Å². The summed E-state index contributed by atoms with van der Waals surface area (Å²) in [5.41, 5.74) is 7.78. The molecule has 5 aromatic rings. The molecule has 0 amide bonds. The molecule has 2 heteroatoms. The van der Waals surface area contributed by atoms with Crippen molar-refractivity contribution in [3.63, 3.8) is 0 Å². The van der Waals surface area contributed by atoms with Gasteiger partial charge in [-0.15, -0.1) is 0 Å². The second-order valence-corrected chi connectivity index (χ2v) is 7.68. The summed E-state index contributed by atoms with van der Waals surface area (Å²) in [4.78, 5) is 0. The van der Waals surface area contributed by atoms with E-state index in [-0.39, 0.29) is 0 Å². The van der Waals surface area contributed by atoms with Gasteiger partial charge in [-0.05, 0) is 46.7 Å². The smallest absolute Gasteiger partial charge is 0.0626 e. The van der Waals surface area contributed by atoms with Crippen molar-refractivity contribution in [1.82, 2.24) is 4.57 Å². The third kappa shape index (κ3) is 1.75. The van der Waals surface area contributed by atoms with Crippen LogP contribution in [0.15, 0.2) is 89.4 Å². The lowest BCUT2D eigenvalue weighted by molar-refractivity contribution is 1.14. The first-order valence-electron chi connectivity index (χ1n) is 8.75. The maximum absolute atomic E-state index is 3.56. The fourth-order valence-corrected chi connectivity index (χ4v) is 4.64. The molecule has 0 unspecified atom stereocenters. The Labute approximate surface area is 159 Å². The van der Waals surface area contributed by atoms with Crippen LogP contribution in [0.4, 0.5) is 0 Å². The second-order valence-electron chi connectivity index (χ2n) is 6.76. The molecular weight excluding hydrogens is 382 g/mol. The van der Waals surface area contributed by atoms with Crippen molar-refractivity contribution in [3.05, 3.63) is 89.4 Å². The van der Waals surface area contributed by atoms with Gasteiger partial charge in [0.05, 0.1) is 11.2 Å². The zero-order valence-electron chi connectivity index (χ0n) is 13.9. The minimum absolute atomic E-state index is 1.10. The highest BCUT2D eigenvalue weighted by atomic mass is 79.9. The van der Waals surface area contributed by atoms with Gasteiger partial charge in [0, 0.05) is 26.7 Å². The first-order chi connectivity index (χ1) is 12.8. The summed E-state index contributed by atoms with van der Waals surface area (Å²) in [6.45, 7) is 0. The fraction of sp³-hybridized carbons (Fsp3) is 0. The molecule has 0 radical (unpaired) electrons. The summed E-state index contributed by atoms with van der Waals surface area (Å²) in [5.74, 6) is 0. The Kier molecular flexibility index (Phi) is 2.81. The van der Waals surface area contributed by atoms with Crippen LogP contribution in [0, 0.1) is 0 Å². The van der Waals surface area contributed by atoms with Crippen molar-refractivity contribution < 1.29 is 0 Å². The highest BCUT2D eigenvalue weighted by molar-refractivity contribution is 9.10. The molecule has 4 aromatic carbocycles. The van der Waals surface area contributed by atoms with Crippen LogP contribution in [0.3, 0.4) is 0 Å². The van der Waals surface area contributed by atoms with Gasteiger partial charge in [0.25, 0.3) is 0 Å². The molecule has 0 saturated heterocycles. The van der Waals surface area contributed by atoms with E-state index in [1.165, 1.54) is 49.7 Å². The Hall–Kier alpha value is -2.84. The zero-order chi connectivity index (χ0) is 17.3. The van der Waals surface area contributed by atoms with Gasteiger partial charge in [-0.1, -0.05) is 70.5 Å². The molecule has 0 spiro atoms. The number of para-hydroxylation sites is 1. The Morgan fingerprint density at radius 3 is 2.19 bits per heavy atom. The van der Waals surface area contributed by atoms with Gasteiger partial charge < -0.3 is 4.57 Å². The Morgan fingerprint density at radius 2 is 1.38 bits per heavy atom. The SMILES string of the molecule is Brc1ccc(-n2c3c(c4ccccc42)-c2cccc4cccc-3c24)cc1. The van der Waals surface area contributed by atoms with Crippen LogP contribution in [0.2, 0.25) is 0 Å². The van der Waals surface area contributed by atoms with E-state index in [0.717, 1.165) is 4.47 Å². The lowest BCUT2D eigenvalue weighted by Gasteiger charge is -2.11. The van der Waals surface area contributed by atoms with E-state index in [9.17, 15) is 0 Å². The van der Waals surface area contributed by atoms with E-state index in [2.05, 4.69) is 105 Å². The Morgan fingerprint density at radius 1 is 0.654 bits per heavy atom. The predicted octanol–water partition coefficient (Wildman–Crippen LogP) is 7.19. The number of hydrogen-bond acceptors (Lipinski definition) is 0. The van der Waals surface area contributed by atoms with Gasteiger partial charge in [0.1, 0.15) is 0 Å². The molecule has 0 aliphatic heterocycles. The van der Waals surface area contributed by atoms with E-state index >= 15 is 0 Å². The molecular formula is C24H14BrN. The number of benzene rings is 4. The third-order valence-corrected chi connectivity index (χ3v) is 5.92. The molecule has 1 aliphatic carbocycles. The highest BCUT2D eigenvalue weighted by Crippen LogP contribution is 2.52. The van der Waals surface area contributed by atoms with Crippen molar-refractivity contribution in [2.75, 3.05) is 0 Å². The first-order valence-corrected chi connectivity index (χ1v) is 9.54. The van der Waals surface area contributed by atoms with Crippen molar-refractivity contribution >= 4 is 37.6 Å². The van der Waals surface area contributed by atoms with Crippen LogP contribution >= 0.6 is 15.9 Å². The molecule has 0 bridgehead atoms. The Bertz CT molecular complexity index is 1320. The van der Waals surface area contributed by atoms with Crippen LogP contribution in [0.5, 0.6) is 0 Å². The van der Waals surface area contributed by atoms with Gasteiger partial charge in [-0.25, -0.2) is 0 Å². The van der Waals surface area contributed by atoms with Crippen molar-refractivity contribution in [2.45, 2.75) is 0 Å². The van der Waals surface area contributed by atoms with Gasteiger partial charge in [0.2, 0.25) is 0 Å². The topological polar surface area (TPSA) is 4.93 Å². The van der Waals surface area contributed by atoms with E-state index < -0.39 is 0 Å². The van der Waals surface area contributed by atoms with Gasteiger partial charge in [-0.2, -0.15) is 0 Å². The van der Waals surface area contributed by atoms with Gasteiger partial charge >= 0.3 is 0 Å². The number of rotatable bonds is 1. The first kappa shape index (κ1) is 14.3. The molecule has 6 rings (SSSR count). The number of nitrogens with zero attached hydrogens (tertiary/aromatic N) is 1. The number of halogens is 1. The predicted molar refractivity (Wildman–Crippen MR) is 113 cm³/mol. The minimum Gasteiger partial charge on any atom is -0.309 e. The number of hydrogen-bond donors (Lipinski definition) is 0. The molecule has 0 atom stereocenters. The number of aromatic nitrogens is 1. The van der Waals surface area contributed by atoms with Crippen LogP contribution < -0.4 is 0 Å². The van der Waals surface area contributed by atoms with Crippen LogP contribution in [-0.2, 0) is 0 Å². The lowest BCUT2D eigenvalue weighted by atomic mass is 10.0. The average molecular weight is 396 g/mol. The summed E-state index contributed by atoms with van der Waals surface area (Å²) in [5, 5.41) is 3.99.